The van der Waals surface area contributed by atoms with E-state index in [9.17, 15) is 45.6 Å². The average molecular weight is 1190 g/mol. The van der Waals surface area contributed by atoms with E-state index in [1.54, 1.807) is 0 Å². The van der Waals surface area contributed by atoms with Gasteiger partial charge in [0.05, 0.1) is 32.0 Å². The summed E-state index contributed by atoms with van der Waals surface area (Å²) in [5, 5.41) is 87.1. The Kier molecular flexibility index (Phi) is 49.7. The van der Waals surface area contributed by atoms with Crippen molar-refractivity contribution in [3.05, 3.63) is 122 Å². The molecule has 0 bridgehead atoms. The lowest BCUT2D eigenvalue weighted by molar-refractivity contribution is -0.359. The van der Waals surface area contributed by atoms with Gasteiger partial charge < -0.3 is 65.1 Å². The number of allylic oxidation sites excluding steroid dienone is 20. The van der Waals surface area contributed by atoms with Crippen molar-refractivity contribution in [3.63, 3.8) is 0 Å². The van der Waals surface area contributed by atoms with Gasteiger partial charge >= 0.3 is 0 Å². The molecule has 9 N–H and O–H groups in total. The van der Waals surface area contributed by atoms with Crippen molar-refractivity contribution in [2.24, 2.45) is 0 Å². The third-order valence-electron chi connectivity index (χ3n) is 15.4. The Morgan fingerprint density at radius 3 is 1.25 bits per heavy atom. The van der Waals surface area contributed by atoms with E-state index < -0.39 is 86.8 Å². The van der Waals surface area contributed by atoms with E-state index in [4.69, 9.17) is 18.9 Å². The van der Waals surface area contributed by atoms with Crippen LogP contribution in [0.2, 0.25) is 0 Å². The fourth-order valence-corrected chi connectivity index (χ4v) is 10.1. The first-order valence-electron chi connectivity index (χ1n) is 33.3. The zero-order valence-electron chi connectivity index (χ0n) is 52.6. The van der Waals surface area contributed by atoms with Crippen molar-refractivity contribution in [1.82, 2.24) is 5.32 Å². The van der Waals surface area contributed by atoms with Crippen LogP contribution in [0, 0.1) is 0 Å². The molecule has 2 fully saturated rings. The van der Waals surface area contributed by atoms with E-state index >= 15 is 0 Å². The molecule has 0 aromatic carbocycles. The van der Waals surface area contributed by atoms with Gasteiger partial charge in [0.15, 0.2) is 12.6 Å². The van der Waals surface area contributed by atoms with Gasteiger partial charge in [0.2, 0.25) is 5.91 Å². The number of carbonyl (C=O) groups excluding carboxylic acids is 1. The first-order valence-corrected chi connectivity index (χ1v) is 33.3. The van der Waals surface area contributed by atoms with Gasteiger partial charge in [-0.2, -0.15) is 0 Å². The van der Waals surface area contributed by atoms with E-state index in [2.05, 4.69) is 141 Å². The maximum atomic E-state index is 13.3. The predicted octanol–water partition coefficient (Wildman–Crippen LogP) is 12.9. The molecule has 12 atom stereocenters. The molecule has 486 valence electrons. The van der Waals surface area contributed by atoms with Crippen LogP contribution in [0.5, 0.6) is 0 Å². The molecule has 2 heterocycles. The molecule has 2 saturated heterocycles. The van der Waals surface area contributed by atoms with Crippen LogP contribution in [-0.4, -0.2) is 140 Å². The molecule has 14 nitrogen and oxygen atoms in total. The van der Waals surface area contributed by atoms with Crippen molar-refractivity contribution in [2.45, 2.75) is 299 Å². The van der Waals surface area contributed by atoms with Crippen LogP contribution in [0.25, 0.3) is 0 Å². The van der Waals surface area contributed by atoms with E-state index in [0.29, 0.717) is 19.3 Å². The van der Waals surface area contributed by atoms with Crippen molar-refractivity contribution in [1.29, 1.82) is 0 Å². The predicted molar refractivity (Wildman–Crippen MR) is 345 cm³/mol. The van der Waals surface area contributed by atoms with Crippen molar-refractivity contribution >= 4 is 5.91 Å². The van der Waals surface area contributed by atoms with Crippen LogP contribution in [-0.2, 0) is 23.7 Å². The summed E-state index contributed by atoms with van der Waals surface area (Å²) >= 11 is 0. The standard InChI is InChI=1S/C71H119NO13/c1-3-5-7-9-11-13-15-16-17-18-19-20-21-22-23-24-25-26-27-28-29-30-31-32-33-34-35-36-37-38-39-40-41-42-43-44-45-47-49-51-53-55-63(76)72-59(60(75)54-52-50-48-46-14-12-10-8-6-4-2)58-82-70-68(81)66(79)69(62(57-74)84-70)85-71-67(80)65(78)64(77)61(56-73)83-71/h5,7,11,13,16-17,19-20,22-23,25-26,28-29,31-32,34-35,37-38,59-62,64-71,73-75,77-81H,3-4,6,8-10,12,14-15,18,21,24,27,30,33,36,39-58H2,1-2H3,(H,72,76)/b7-5-,13-11-,17-16-,20-19-,23-22-,26-25-,29-28-,32-31-,35-34-,38-37-. The zero-order valence-corrected chi connectivity index (χ0v) is 52.6. The summed E-state index contributed by atoms with van der Waals surface area (Å²) in [5.41, 5.74) is 0. The third kappa shape index (κ3) is 39.1. The van der Waals surface area contributed by atoms with E-state index in [0.717, 1.165) is 116 Å². The van der Waals surface area contributed by atoms with E-state index in [1.165, 1.54) is 77.0 Å². The number of rotatable bonds is 52. The molecule has 1 amide bonds. The van der Waals surface area contributed by atoms with E-state index in [1.807, 2.05) is 0 Å². The summed E-state index contributed by atoms with van der Waals surface area (Å²) in [7, 11) is 0. The van der Waals surface area contributed by atoms with Crippen LogP contribution in [0.3, 0.4) is 0 Å². The molecule has 0 radical (unpaired) electrons. The molecule has 0 saturated carbocycles. The summed E-state index contributed by atoms with van der Waals surface area (Å²) < 4.78 is 22.8. The minimum atomic E-state index is -1.79. The smallest absolute Gasteiger partial charge is 0.220 e. The molecule has 0 spiro atoms. The van der Waals surface area contributed by atoms with E-state index in [-0.39, 0.29) is 12.5 Å². The highest BCUT2D eigenvalue weighted by atomic mass is 16.7. The molecule has 2 rings (SSSR count). The molecular weight excluding hydrogens is 1070 g/mol. The Morgan fingerprint density at radius 1 is 0.435 bits per heavy atom. The summed E-state index contributed by atoms with van der Waals surface area (Å²) in [4.78, 5) is 13.3. The van der Waals surface area contributed by atoms with Gasteiger partial charge in [-0.1, -0.05) is 251 Å². The van der Waals surface area contributed by atoms with Gasteiger partial charge in [-0.25, -0.2) is 0 Å². The number of hydrogen-bond acceptors (Lipinski definition) is 13. The molecule has 85 heavy (non-hydrogen) atoms. The lowest BCUT2D eigenvalue weighted by Crippen LogP contribution is -2.65. The second kappa shape index (κ2) is 54.5. The maximum absolute atomic E-state index is 13.3. The van der Waals surface area contributed by atoms with Gasteiger partial charge in [-0.3, -0.25) is 4.79 Å². The minimum absolute atomic E-state index is 0.218. The molecule has 2 aliphatic heterocycles. The van der Waals surface area contributed by atoms with Crippen LogP contribution in [0.1, 0.15) is 226 Å². The summed E-state index contributed by atoms with van der Waals surface area (Å²) in [6, 6.07) is -0.837. The van der Waals surface area contributed by atoms with Gasteiger partial charge in [-0.15, -0.1) is 0 Å². The first-order chi connectivity index (χ1) is 41.6. The Bertz CT molecular complexity index is 1890. The lowest BCUT2D eigenvalue weighted by Gasteiger charge is -2.46. The highest BCUT2D eigenvalue weighted by Gasteiger charge is 2.51. The molecule has 0 aromatic heterocycles. The Hall–Kier alpha value is -3.61. The second-order valence-electron chi connectivity index (χ2n) is 22.9. The van der Waals surface area contributed by atoms with Gasteiger partial charge in [-0.05, 0) is 89.9 Å². The van der Waals surface area contributed by atoms with Crippen LogP contribution in [0.15, 0.2) is 122 Å². The quantitative estimate of drug-likeness (QED) is 0.0204. The van der Waals surface area contributed by atoms with Gasteiger partial charge in [0.1, 0.15) is 48.8 Å². The molecule has 14 heteroatoms. The first kappa shape index (κ1) is 77.5. The molecule has 0 aromatic rings. The van der Waals surface area contributed by atoms with Gasteiger partial charge in [0.25, 0.3) is 0 Å². The van der Waals surface area contributed by atoms with Crippen molar-refractivity contribution < 1.29 is 64.6 Å². The topological polar surface area (TPSA) is 228 Å². The number of carbonyl (C=O) groups is 1. The molecular formula is C71H119NO13. The van der Waals surface area contributed by atoms with Crippen molar-refractivity contribution in [2.75, 3.05) is 19.8 Å². The fraction of sp³-hybridized carbons (Fsp3) is 0.704. The fourth-order valence-electron chi connectivity index (χ4n) is 10.1. The Balaban J connectivity index is 1.58. The van der Waals surface area contributed by atoms with Crippen LogP contribution in [0.4, 0.5) is 0 Å². The van der Waals surface area contributed by atoms with Gasteiger partial charge in [0, 0.05) is 6.42 Å². The molecule has 12 unspecified atom stereocenters. The Labute approximate surface area is 514 Å². The number of nitrogens with one attached hydrogen (secondary N) is 1. The largest absolute Gasteiger partial charge is 0.394 e. The Morgan fingerprint density at radius 2 is 0.812 bits per heavy atom. The number of ether oxygens (including phenoxy) is 4. The highest BCUT2D eigenvalue weighted by Crippen LogP contribution is 2.30. The number of aliphatic hydroxyl groups excluding tert-OH is 8. The monoisotopic (exact) mass is 1190 g/mol. The second-order valence-corrected chi connectivity index (χ2v) is 22.9. The number of hydrogen-bond donors (Lipinski definition) is 9. The summed E-state index contributed by atoms with van der Waals surface area (Å²) in [6.07, 6.45) is 62.3. The third-order valence-corrected chi connectivity index (χ3v) is 15.4. The number of aliphatic hydroxyl groups is 8. The SMILES string of the molecule is CC/C=C\C/C=C\C/C=C\C/C=C\C/C=C\C/C=C\C/C=C\C/C=C\C/C=C\C/C=C\CCCCCCCCCCCCC(=O)NC(COC1OC(CO)C(OC2OC(CO)C(O)C(O)C2O)C(O)C1O)C(O)CCCCCCCCCCCC. The van der Waals surface area contributed by atoms with Crippen LogP contribution < -0.4 is 5.32 Å². The van der Waals surface area contributed by atoms with Crippen LogP contribution >= 0.6 is 0 Å². The maximum Gasteiger partial charge on any atom is 0.220 e. The summed E-state index contributed by atoms with van der Waals surface area (Å²) in [6.45, 7) is 2.71. The number of amides is 1. The normalized spacial score (nSPS) is 24.4. The lowest BCUT2D eigenvalue weighted by atomic mass is 9.97. The zero-order chi connectivity index (χ0) is 61.6. The average Bonchev–Trinajstić information content (AvgIpc) is 2.93. The molecule has 0 aliphatic carbocycles. The van der Waals surface area contributed by atoms with Crippen molar-refractivity contribution in [3.8, 4) is 0 Å². The number of unbranched alkanes of at least 4 members (excludes halogenated alkanes) is 19. The summed E-state index contributed by atoms with van der Waals surface area (Å²) in [5.74, 6) is -0.218. The molecule has 2 aliphatic rings. The highest BCUT2D eigenvalue weighted by molar-refractivity contribution is 5.76. The minimum Gasteiger partial charge on any atom is -0.394 e.